The van der Waals surface area contributed by atoms with Gasteiger partial charge in [-0.15, -0.1) is 0 Å². The van der Waals surface area contributed by atoms with E-state index in [-0.39, 0.29) is 28.4 Å². The van der Waals surface area contributed by atoms with Crippen LogP contribution in [0.4, 0.5) is 0 Å². The minimum absolute atomic E-state index is 0.0969. The van der Waals surface area contributed by atoms with E-state index in [1.165, 1.54) is 30.3 Å². The van der Waals surface area contributed by atoms with Gasteiger partial charge in [0.2, 0.25) is 0 Å². The standard InChI is InChI=1S/C12H8O5/c13-6-7-4-5-10(17-7)8-2-1-3-9(14)11(8)12(15)16/h1-6,14H,(H,15,16). The SMILES string of the molecule is O=Cc1ccc(-c2cccc(O)c2C(=O)O)o1. The van der Waals surface area contributed by atoms with Gasteiger partial charge in [0.05, 0.1) is 0 Å². The number of carbonyl (C=O) groups is 2. The van der Waals surface area contributed by atoms with Crippen molar-refractivity contribution in [2.75, 3.05) is 0 Å². The Morgan fingerprint density at radius 3 is 2.59 bits per heavy atom. The number of aromatic hydroxyl groups is 1. The van der Waals surface area contributed by atoms with Crippen molar-refractivity contribution in [1.29, 1.82) is 0 Å². The molecule has 0 radical (unpaired) electrons. The molecule has 2 aromatic rings. The van der Waals surface area contributed by atoms with Crippen molar-refractivity contribution in [2.24, 2.45) is 0 Å². The molecule has 5 nitrogen and oxygen atoms in total. The summed E-state index contributed by atoms with van der Waals surface area (Å²) in [4.78, 5) is 21.5. The molecule has 0 atom stereocenters. The van der Waals surface area contributed by atoms with Gasteiger partial charge in [-0.2, -0.15) is 0 Å². The second kappa shape index (κ2) is 4.13. The van der Waals surface area contributed by atoms with Crippen LogP contribution in [-0.2, 0) is 0 Å². The summed E-state index contributed by atoms with van der Waals surface area (Å²) in [5.74, 6) is -1.29. The molecule has 1 aromatic carbocycles. The van der Waals surface area contributed by atoms with Gasteiger partial charge < -0.3 is 14.6 Å². The number of carbonyl (C=O) groups excluding carboxylic acids is 1. The number of carboxylic acids is 1. The Kier molecular flexibility index (Phi) is 2.66. The van der Waals surface area contributed by atoms with E-state index >= 15 is 0 Å². The van der Waals surface area contributed by atoms with E-state index < -0.39 is 5.97 Å². The zero-order valence-corrected chi connectivity index (χ0v) is 8.58. The molecular formula is C12H8O5. The monoisotopic (exact) mass is 232 g/mol. The van der Waals surface area contributed by atoms with Crippen LogP contribution in [0.25, 0.3) is 11.3 Å². The number of carboxylic acid groups (broad SMARTS) is 1. The molecule has 0 amide bonds. The van der Waals surface area contributed by atoms with E-state index in [2.05, 4.69) is 0 Å². The number of hydrogen-bond donors (Lipinski definition) is 2. The normalized spacial score (nSPS) is 10.1. The predicted octanol–water partition coefficient (Wildman–Crippen LogP) is 2.16. The molecule has 86 valence electrons. The van der Waals surface area contributed by atoms with Crippen LogP contribution in [-0.4, -0.2) is 22.5 Å². The second-order valence-electron chi connectivity index (χ2n) is 3.32. The van der Waals surface area contributed by atoms with Crippen molar-refractivity contribution in [3.8, 4) is 17.1 Å². The second-order valence-corrected chi connectivity index (χ2v) is 3.32. The Balaban J connectivity index is 2.62. The molecule has 0 fully saturated rings. The highest BCUT2D eigenvalue weighted by Crippen LogP contribution is 2.30. The van der Waals surface area contributed by atoms with Gasteiger partial charge >= 0.3 is 5.97 Å². The maximum Gasteiger partial charge on any atom is 0.340 e. The van der Waals surface area contributed by atoms with Crippen LogP contribution in [0.2, 0.25) is 0 Å². The van der Waals surface area contributed by atoms with Crippen molar-refractivity contribution in [3.63, 3.8) is 0 Å². The lowest BCUT2D eigenvalue weighted by atomic mass is 10.0. The fourth-order valence-corrected chi connectivity index (χ4v) is 1.53. The van der Waals surface area contributed by atoms with Crippen LogP contribution < -0.4 is 0 Å². The molecule has 0 aliphatic rings. The van der Waals surface area contributed by atoms with E-state index in [1.807, 2.05) is 0 Å². The molecule has 2 N–H and O–H groups in total. The summed E-state index contributed by atoms with van der Waals surface area (Å²) < 4.78 is 5.12. The molecule has 1 heterocycles. The molecule has 0 aliphatic heterocycles. The lowest BCUT2D eigenvalue weighted by Gasteiger charge is -2.04. The van der Waals surface area contributed by atoms with E-state index in [1.54, 1.807) is 0 Å². The Morgan fingerprint density at radius 1 is 1.24 bits per heavy atom. The maximum absolute atomic E-state index is 11.0. The van der Waals surface area contributed by atoms with Crippen molar-refractivity contribution in [1.82, 2.24) is 0 Å². The number of rotatable bonds is 3. The molecule has 5 heteroatoms. The van der Waals surface area contributed by atoms with E-state index in [9.17, 15) is 14.7 Å². The molecule has 0 saturated carbocycles. The molecule has 0 aliphatic carbocycles. The smallest absolute Gasteiger partial charge is 0.340 e. The van der Waals surface area contributed by atoms with E-state index in [0.29, 0.717) is 6.29 Å². The third kappa shape index (κ3) is 1.90. The summed E-state index contributed by atoms with van der Waals surface area (Å²) in [6.07, 6.45) is 0.521. The van der Waals surface area contributed by atoms with Gasteiger partial charge in [-0.1, -0.05) is 12.1 Å². The summed E-state index contributed by atoms with van der Waals surface area (Å²) in [6, 6.07) is 7.18. The Hall–Kier alpha value is -2.56. The zero-order chi connectivity index (χ0) is 12.4. The number of aldehydes is 1. The zero-order valence-electron chi connectivity index (χ0n) is 8.58. The van der Waals surface area contributed by atoms with E-state index in [4.69, 9.17) is 9.52 Å². The van der Waals surface area contributed by atoms with Gasteiger partial charge in [-0.3, -0.25) is 4.79 Å². The Morgan fingerprint density at radius 2 is 2.00 bits per heavy atom. The van der Waals surface area contributed by atoms with Crippen LogP contribution in [0.5, 0.6) is 5.75 Å². The third-order valence-electron chi connectivity index (χ3n) is 2.26. The van der Waals surface area contributed by atoms with Crippen molar-refractivity contribution in [2.45, 2.75) is 0 Å². The highest BCUT2D eigenvalue weighted by molar-refractivity contribution is 5.98. The van der Waals surface area contributed by atoms with Crippen LogP contribution >= 0.6 is 0 Å². The molecule has 0 saturated heterocycles. The first-order chi connectivity index (χ1) is 8.13. The number of benzene rings is 1. The average molecular weight is 232 g/mol. The van der Waals surface area contributed by atoms with Crippen LogP contribution in [0.15, 0.2) is 34.7 Å². The molecule has 0 spiro atoms. The summed E-state index contributed by atoms with van der Waals surface area (Å²) in [6.45, 7) is 0. The van der Waals surface area contributed by atoms with E-state index in [0.717, 1.165) is 0 Å². The largest absolute Gasteiger partial charge is 0.507 e. The van der Waals surface area contributed by atoms with Gasteiger partial charge in [-0.05, 0) is 18.2 Å². The first kappa shape index (κ1) is 10.9. The van der Waals surface area contributed by atoms with Gasteiger partial charge in [-0.25, -0.2) is 4.79 Å². The lowest BCUT2D eigenvalue weighted by Crippen LogP contribution is -1.99. The fourth-order valence-electron chi connectivity index (χ4n) is 1.53. The number of aromatic carboxylic acids is 1. The summed E-state index contributed by atoms with van der Waals surface area (Å²) >= 11 is 0. The summed E-state index contributed by atoms with van der Waals surface area (Å²) in [7, 11) is 0. The Bertz CT molecular complexity index is 582. The lowest BCUT2D eigenvalue weighted by molar-refractivity contribution is 0.0694. The van der Waals surface area contributed by atoms with Crippen molar-refractivity contribution >= 4 is 12.3 Å². The summed E-state index contributed by atoms with van der Waals surface area (Å²) in [5.41, 5.74) is -0.0232. The van der Waals surface area contributed by atoms with Crippen LogP contribution in [0.1, 0.15) is 20.9 Å². The number of hydrogen-bond acceptors (Lipinski definition) is 4. The molecule has 1 aromatic heterocycles. The fraction of sp³-hybridized carbons (Fsp3) is 0. The van der Waals surface area contributed by atoms with Crippen LogP contribution in [0, 0.1) is 0 Å². The topological polar surface area (TPSA) is 87.7 Å². The average Bonchev–Trinajstić information content (AvgIpc) is 2.76. The van der Waals surface area contributed by atoms with Gasteiger partial charge in [0.1, 0.15) is 17.1 Å². The number of furan rings is 1. The first-order valence-corrected chi connectivity index (χ1v) is 4.74. The molecule has 0 unspecified atom stereocenters. The molecular weight excluding hydrogens is 224 g/mol. The highest BCUT2D eigenvalue weighted by Gasteiger charge is 2.18. The molecule has 17 heavy (non-hydrogen) atoms. The maximum atomic E-state index is 11.0. The molecule has 0 bridgehead atoms. The highest BCUT2D eigenvalue weighted by atomic mass is 16.4. The van der Waals surface area contributed by atoms with Gasteiger partial charge in [0, 0.05) is 5.56 Å². The van der Waals surface area contributed by atoms with Gasteiger partial charge in [0.15, 0.2) is 12.0 Å². The third-order valence-corrected chi connectivity index (χ3v) is 2.26. The van der Waals surface area contributed by atoms with Gasteiger partial charge in [0.25, 0.3) is 0 Å². The quantitative estimate of drug-likeness (QED) is 0.791. The number of phenols is 1. The van der Waals surface area contributed by atoms with Crippen molar-refractivity contribution < 1.29 is 24.2 Å². The molecule has 2 rings (SSSR count). The minimum atomic E-state index is -1.26. The summed E-state index contributed by atoms with van der Waals surface area (Å²) in [5, 5.41) is 18.5. The minimum Gasteiger partial charge on any atom is -0.507 e. The van der Waals surface area contributed by atoms with Crippen LogP contribution in [0.3, 0.4) is 0 Å². The Labute approximate surface area is 95.9 Å². The van der Waals surface area contributed by atoms with Crippen molar-refractivity contribution in [3.05, 3.63) is 41.7 Å². The first-order valence-electron chi connectivity index (χ1n) is 4.74. The predicted molar refractivity (Wildman–Crippen MR) is 58.2 cm³/mol.